The molecular weight excluding hydrogens is 304 g/mol. The Kier molecular flexibility index (Phi) is 8.30. The number of benzene rings is 1. The van der Waals surface area contributed by atoms with E-state index in [2.05, 4.69) is 6.58 Å². The number of rotatable bonds is 9. The lowest BCUT2D eigenvalue weighted by molar-refractivity contribution is -0.147. The Labute approximate surface area is 136 Å². The molecule has 1 aromatic carbocycles. The Bertz CT molecular complexity index is 525. The highest BCUT2D eigenvalue weighted by Gasteiger charge is 2.10. The van der Waals surface area contributed by atoms with Gasteiger partial charge in [0.1, 0.15) is 5.75 Å². The van der Waals surface area contributed by atoms with E-state index >= 15 is 0 Å². The maximum Gasteiger partial charge on any atom is 0.311 e. The molecule has 0 heterocycles. The number of halogens is 1. The Morgan fingerprint density at radius 3 is 2.64 bits per heavy atom. The number of ether oxygens (including phenoxy) is 2. The van der Waals surface area contributed by atoms with Crippen molar-refractivity contribution in [3.8, 4) is 5.75 Å². The second-order valence-electron chi connectivity index (χ2n) is 4.89. The molecule has 5 heteroatoms. The molecule has 0 saturated carbocycles. The first-order valence-corrected chi connectivity index (χ1v) is 7.64. The summed E-state index contributed by atoms with van der Waals surface area (Å²) in [6.07, 6.45) is 4.49. The molecule has 0 aromatic heterocycles. The minimum Gasteiger partial charge on any atom is -0.466 e. The van der Waals surface area contributed by atoms with E-state index in [1.807, 2.05) is 13.0 Å². The monoisotopic (exact) mass is 324 g/mol. The third kappa shape index (κ3) is 7.27. The fourth-order valence-electron chi connectivity index (χ4n) is 1.72. The van der Waals surface area contributed by atoms with Crippen LogP contribution in [0.5, 0.6) is 5.75 Å². The molecule has 22 heavy (non-hydrogen) atoms. The maximum atomic E-state index is 11.7. The summed E-state index contributed by atoms with van der Waals surface area (Å²) in [7, 11) is 0. The summed E-state index contributed by atoms with van der Waals surface area (Å²) < 4.78 is 10.2. The van der Waals surface area contributed by atoms with Gasteiger partial charge >= 0.3 is 11.9 Å². The van der Waals surface area contributed by atoms with E-state index in [4.69, 9.17) is 21.1 Å². The van der Waals surface area contributed by atoms with Crippen LogP contribution >= 0.6 is 11.6 Å². The van der Waals surface area contributed by atoms with E-state index in [-0.39, 0.29) is 18.8 Å². The zero-order valence-electron chi connectivity index (χ0n) is 12.8. The lowest BCUT2D eigenvalue weighted by Gasteiger charge is -2.06. The molecule has 0 amide bonds. The molecule has 0 atom stereocenters. The molecule has 1 rings (SSSR count). The van der Waals surface area contributed by atoms with Crippen molar-refractivity contribution in [2.45, 2.75) is 39.0 Å². The van der Waals surface area contributed by atoms with Crippen molar-refractivity contribution >= 4 is 23.5 Å². The molecule has 120 valence electrons. The van der Waals surface area contributed by atoms with Crippen LogP contribution < -0.4 is 4.74 Å². The number of carbonyl (C=O) groups is 2. The van der Waals surface area contributed by atoms with Crippen LogP contribution in [0.3, 0.4) is 0 Å². The zero-order chi connectivity index (χ0) is 16.4. The van der Waals surface area contributed by atoms with Crippen molar-refractivity contribution in [2.75, 3.05) is 6.61 Å². The van der Waals surface area contributed by atoms with Gasteiger partial charge in [0.05, 0.1) is 19.4 Å². The van der Waals surface area contributed by atoms with Crippen LogP contribution in [0.25, 0.3) is 0 Å². The van der Waals surface area contributed by atoms with Crippen molar-refractivity contribution < 1.29 is 19.1 Å². The van der Waals surface area contributed by atoms with Gasteiger partial charge in [0.2, 0.25) is 0 Å². The minimum absolute atomic E-state index is 0.00678. The molecule has 1 aromatic rings. The summed E-state index contributed by atoms with van der Waals surface area (Å²) in [6, 6.07) is 4.96. The molecule has 0 saturated heterocycles. The van der Waals surface area contributed by atoms with E-state index in [0.717, 1.165) is 24.8 Å². The summed E-state index contributed by atoms with van der Waals surface area (Å²) in [4.78, 5) is 23.1. The highest BCUT2D eigenvalue weighted by atomic mass is 35.5. The van der Waals surface area contributed by atoms with Crippen molar-refractivity contribution in [1.29, 1.82) is 0 Å². The van der Waals surface area contributed by atoms with Crippen LogP contribution in [0.2, 0.25) is 5.02 Å². The highest BCUT2D eigenvalue weighted by Crippen LogP contribution is 2.21. The number of hydrogen-bond donors (Lipinski definition) is 0. The quantitative estimate of drug-likeness (QED) is 0.295. The molecule has 0 N–H and O–H groups in total. The van der Waals surface area contributed by atoms with Gasteiger partial charge < -0.3 is 9.47 Å². The second-order valence-corrected chi connectivity index (χ2v) is 5.30. The first-order valence-electron chi connectivity index (χ1n) is 7.26. The van der Waals surface area contributed by atoms with Gasteiger partial charge in [-0.1, -0.05) is 17.7 Å². The van der Waals surface area contributed by atoms with Gasteiger partial charge in [-0.25, -0.2) is 0 Å². The van der Waals surface area contributed by atoms with Gasteiger partial charge in [0.25, 0.3) is 0 Å². The van der Waals surface area contributed by atoms with Crippen LogP contribution in [0.15, 0.2) is 30.9 Å². The van der Waals surface area contributed by atoms with E-state index < -0.39 is 5.97 Å². The number of unbranched alkanes of at least 4 members (excludes halogenated alkanes) is 2. The average molecular weight is 325 g/mol. The first kappa shape index (κ1) is 18.2. The number of aryl methyl sites for hydroxylation is 1. The van der Waals surface area contributed by atoms with Gasteiger partial charge in [0.15, 0.2) is 0 Å². The predicted molar refractivity (Wildman–Crippen MR) is 86.1 cm³/mol. The molecule has 0 aliphatic rings. The number of allylic oxidation sites excluding steroid dienone is 1. The number of hydrogen-bond acceptors (Lipinski definition) is 4. The van der Waals surface area contributed by atoms with Crippen LogP contribution in [-0.2, 0) is 14.3 Å². The van der Waals surface area contributed by atoms with Crippen LogP contribution in [0, 0.1) is 6.92 Å². The topological polar surface area (TPSA) is 52.6 Å². The van der Waals surface area contributed by atoms with Crippen LogP contribution in [0.1, 0.15) is 37.7 Å². The lowest BCUT2D eigenvalue weighted by Crippen LogP contribution is -2.12. The van der Waals surface area contributed by atoms with Gasteiger partial charge in [-0.05, 0) is 49.9 Å². The molecule has 0 bridgehead atoms. The zero-order valence-corrected chi connectivity index (χ0v) is 13.5. The first-order chi connectivity index (χ1) is 10.5. The molecule has 0 spiro atoms. The van der Waals surface area contributed by atoms with Crippen LogP contribution in [0.4, 0.5) is 0 Å². The Morgan fingerprint density at radius 1 is 1.23 bits per heavy atom. The molecular formula is C17H21ClO4. The normalized spacial score (nSPS) is 10.1. The molecule has 0 aliphatic carbocycles. The van der Waals surface area contributed by atoms with E-state index in [0.29, 0.717) is 17.4 Å². The molecule has 0 fully saturated rings. The van der Waals surface area contributed by atoms with E-state index in [9.17, 15) is 9.59 Å². The van der Waals surface area contributed by atoms with Gasteiger partial charge in [0, 0.05) is 5.02 Å². The average Bonchev–Trinajstić information content (AvgIpc) is 2.49. The Balaban J connectivity index is 2.23. The third-order valence-corrected chi connectivity index (χ3v) is 3.38. The van der Waals surface area contributed by atoms with Crippen molar-refractivity contribution in [3.05, 3.63) is 41.4 Å². The largest absolute Gasteiger partial charge is 0.466 e. The van der Waals surface area contributed by atoms with Gasteiger partial charge in [-0.15, -0.1) is 6.58 Å². The summed E-state index contributed by atoms with van der Waals surface area (Å²) >= 11 is 5.89. The predicted octanol–water partition coefficient (Wildman–Crippen LogP) is 4.23. The number of esters is 2. The van der Waals surface area contributed by atoms with Crippen molar-refractivity contribution in [1.82, 2.24) is 0 Å². The SMILES string of the molecule is C=CCCCCOC(=O)CCC(=O)Oc1ccc(Cl)c(C)c1. The highest BCUT2D eigenvalue weighted by molar-refractivity contribution is 6.31. The summed E-state index contributed by atoms with van der Waals surface area (Å²) in [5.41, 5.74) is 0.825. The van der Waals surface area contributed by atoms with Crippen molar-refractivity contribution in [3.63, 3.8) is 0 Å². The minimum atomic E-state index is -0.467. The molecule has 0 unspecified atom stereocenters. The molecule has 0 radical (unpaired) electrons. The van der Waals surface area contributed by atoms with Crippen molar-refractivity contribution in [2.24, 2.45) is 0 Å². The summed E-state index contributed by atoms with van der Waals surface area (Å²) in [5.74, 6) is -0.433. The summed E-state index contributed by atoms with van der Waals surface area (Å²) in [6.45, 7) is 5.82. The van der Waals surface area contributed by atoms with E-state index in [1.165, 1.54) is 0 Å². The molecule has 0 aliphatic heterocycles. The Morgan fingerprint density at radius 2 is 1.95 bits per heavy atom. The standard InChI is InChI=1S/C17H21ClO4/c1-3-4-5-6-11-21-16(19)9-10-17(20)22-14-7-8-15(18)13(2)12-14/h3,7-8,12H,1,4-6,9-11H2,2H3. The van der Waals surface area contributed by atoms with Gasteiger partial charge in [-0.3, -0.25) is 9.59 Å². The summed E-state index contributed by atoms with van der Waals surface area (Å²) in [5, 5.41) is 0.611. The maximum absolute atomic E-state index is 11.7. The number of carbonyl (C=O) groups excluding carboxylic acids is 2. The fourth-order valence-corrected chi connectivity index (χ4v) is 1.83. The van der Waals surface area contributed by atoms with Crippen LogP contribution in [-0.4, -0.2) is 18.5 Å². The fraction of sp³-hybridized carbons (Fsp3) is 0.412. The molecule has 4 nitrogen and oxygen atoms in total. The third-order valence-electron chi connectivity index (χ3n) is 2.96. The van der Waals surface area contributed by atoms with E-state index in [1.54, 1.807) is 18.2 Å². The lowest BCUT2D eigenvalue weighted by atomic mass is 10.2. The van der Waals surface area contributed by atoms with Gasteiger partial charge in [-0.2, -0.15) is 0 Å². The Hall–Kier alpha value is -1.81. The second kappa shape index (κ2) is 10.0. The smallest absolute Gasteiger partial charge is 0.311 e.